The lowest BCUT2D eigenvalue weighted by molar-refractivity contribution is -0.133. The summed E-state index contributed by atoms with van der Waals surface area (Å²) in [5.41, 5.74) is 1.24. The largest absolute Gasteiger partial charge is 0.343 e. The quantitative estimate of drug-likeness (QED) is 0.806. The second kappa shape index (κ2) is 5.54. The van der Waals surface area contributed by atoms with Gasteiger partial charge in [0, 0.05) is 24.5 Å². The first-order chi connectivity index (χ1) is 8.20. The Morgan fingerprint density at radius 2 is 2.06 bits per heavy atom. The van der Waals surface area contributed by atoms with E-state index >= 15 is 0 Å². The van der Waals surface area contributed by atoms with Crippen LogP contribution in [-0.4, -0.2) is 23.9 Å². The number of hydrogen-bond donors (Lipinski definition) is 0. The molecular weight excluding hydrogens is 234 g/mol. The minimum atomic E-state index is 0.290. The highest BCUT2D eigenvalue weighted by atomic mass is 35.5. The van der Waals surface area contributed by atoms with Gasteiger partial charge in [-0.25, -0.2) is 0 Å². The Kier molecular flexibility index (Phi) is 4.06. The standard InChI is InChI=1S/C14H18ClNO/c1-2-8-16-9-7-12(10-14(16)17)11-3-5-13(15)6-4-11/h3-6,12H,2,7-10H2,1H3. The summed E-state index contributed by atoms with van der Waals surface area (Å²) in [5.74, 6) is 0.658. The molecule has 1 aliphatic rings. The smallest absolute Gasteiger partial charge is 0.223 e. The number of rotatable bonds is 3. The zero-order valence-electron chi connectivity index (χ0n) is 10.2. The third kappa shape index (κ3) is 3.01. The van der Waals surface area contributed by atoms with Gasteiger partial charge in [-0.2, -0.15) is 0 Å². The molecule has 0 N–H and O–H groups in total. The molecule has 0 aromatic heterocycles. The van der Waals surface area contributed by atoms with Gasteiger partial charge in [-0.3, -0.25) is 4.79 Å². The van der Waals surface area contributed by atoms with Crippen LogP contribution in [0.3, 0.4) is 0 Å². The van der Waals surface area contributed by atoms with Crippen LogP contribution in [0.2, 0.25) is 5.02 Å². The maximum atomic E-state index is 11.9. The molecule has 1 heterocycles. The fraction of sp³-hybridized carbons (Fsp3) is 0.500. The number of hydrogen-bond acceptors (Lipinski definition) is 1. The molecule has 17 heavy (non-hydrogen) atoms. The number of piperidine rings is 1. The van der Waals surface area contributed by atoms with Gasteiger partial charge >= 0.3 is 0 Å². The summed E-state index contributed by atoms with van der Waals surface area (Å²) in [6.07, 6.45) is 2.74. The number of amides is 1. The Morgan fingerprint density at radius 1 is 1.35 bits per heavy atom. The molecule has 3 heteroatoms. The van der Waals surface area contributed by atoms with Gasteiger partial charge in [-0.1, -0.05) is 30.7 Å². The predicted molar refractivity (Wildman–Crippen MR) is 70.3 cm³/mol. The lowest BCUT2D eigenvalue weighted by Crippen LogP contribution is -2.38. The first kappa shape index (κ1) is 12.4. The molecule has 1 amide bonds. The van der Waals surface area contributed by atoms with E-state index in [0.29, 0.717) is 12.3 Å². The van der Waals surface area contributed by atoms with Crippen molar-refractivity contribution in [3.05, 3.63) is 34.9 Å². The van der Waals surface area contributed by atoms with Crippen LogP contribution in [0, 0.1) is 0 Å². The fourth-order valence-electron chi connectivity index (χ4n) is 2.40. The van der Waals surface area contributed by atoms with E-state index in [1.165, 1.54) is 5.56 Å². The molecule has 1 saturated heterocycles. The molecule has 0 bridgehead atoms. The van der Waals surface area contributed by atoms with E-state index in [4.69, 9.17) is 11.6 Å². The van der Waals surface area contributed by atoms with Crippen LogP contribution in [0.5, 0.6) is 0 Å². The van der Waals surface area contributed by atoms with E-state index < -0.39 is 0 Å². The summed E-state index contributed by atoms with van der Waals surface area (Å²) in [4.78, 5) is 13.9. The van der Waals surface area contributed by atoms with Gasteiger partial charge in [0.25, 0.3) is 0 Å². The van der Waals surface area contributed by atoms with Crippen LogP contribution in [0.1, 0.15) is 37.7 Å². The number of likely N-dealkylation sites (tertiary alicyclic amines) is 1. The fourth-order valence-corrected chi connectivity index (χ4v) is 2.53. The normalized spacial score (nSPS) is 20.7. The Morgan fingerprint density at radius 3 is 2.65 bits per heavy atom. The summed E-state index contributed by atoms with van der Waals surface area (Å²) in [6.45, 7) is 3.89. The van der Waals surface area contributed by atoms with Crippen LogP contribution in [0.15, 0.2) is 24.3 Å². The zero-order chi connectivity index (χ0) is 12.3. The molecule has 2 rings (SSSR count). The molecule has 92 valence electrons. The van der Waals surface area contributed by atoms with Gasteiger partial charge < -0.3 is 4.90 Å². The second-order valence-corrected chi connectivity index (χ2v) is 5.06. The third-order valence-corrected chi connectivity index (χ3v) is 3.61. The minimum Gasteiger partial charge on any atom is -0.343 e. The van der Waals surface area contributed by atoms with Gasteiger partial charge in [0.15, 0.2) is 0 Å². The molecule has 0 aliphatic carbocycles. The minimum absolute atomic E-state index is 0.290. The Balaban J connectivity index is 2.01. The van der Waals surface area contributed by atoms with Crippen LogP contribution < -0.4 is 0 Å². The molecule has 1 aromatic rings. The summed E-state index contributed by atoms with van der Waals surface area (Å²) < 4.78 is 0. The molecule has 1 unspecified atom stereocenters. The van der Waals surface area contributed by atoms with Gasteiger partial charge in [-0.05, 0) is 36.5 Å². The number of benzene rings is 1. The highest BCUT2D eigenvalue weighted by molar-refractivity contribution is 6.30. The molecule has 0 saturated carbocycles. The van der Waals surface area contributed by atoms with E-state index in [2.05, 4.69) is 6.92 Å². The van der Waals surface area contributed by atoms with Crippen molar-refractivity contribution in [2.24, 2.45) is 0 Å². The SMILES string of the molecule is CCCN1CCC(c2ccc(Cl)cc2)CC1=O. The first-order valence-corrected chi connectivity index (χ1v) is 6.61. The van der Waals surface area contributed by atoms with Crippen LogP contribution in [-0.2, 0) is 4.79 Å². The van der Waals surface area contributed by atoms with Gasteiger partial charge in [-0.15, -0.1) is 0 Å². The zero-order valence-corrected chi connectivity index (χ0v) is 10.9. The van der Waals surface area contributed by atoms with Crippen LogP contribution >= 0.6 is 11.6 Å². The van der Waals surface area contributed by atoms with Crippen molar-refractivity contribution in [1.82, 2.24) is 4.90 Å². The number of nitrogens with zero attached hydrogens (tertiary/aromatic N) is 1. The van der Waals surface area contributed by atoms with E-state index in [9.17, 15) is 4.79 Å². The van der Waals surface area contributed by atoms with Gasteiger partial charge in [0.05, 0.1) is 0 Å². The van der Waals surface area contributed by atoms with E-state index in [1.54, 1.807) is 0 Å². The predicted octanol–water partition coefficient (Wildman–Crippen LogP) is 3.46. The highest BCUT2D eigenvalue weighted by Crippen LogP contribution is 2.29. The van der Waals surface area contributed by atoms with Crippen molar-refractivity contribution in [1.29, 1.82) is 0 Å². The van der Waals surface area contributed by atoms with Crippen molar-refractivity contribution in [3.8, 4) is 0 Å². The lowest BCUT2D eigenvalue weighted by Gasteiger charge is -2.31. The topological polar surface area (TPSA) is 20.3 Å². The van der Waals surface area contributed by atoms with Crippen molar-refractivity contribution in [2.45, 2.75) is 32.1 Å². The van der Waals surface area contributed by atoms with Crippen molar-refractivity contribution >= 4 is 17.5 Å². The molecule has 1 atom stereocenters. The second-order valence-electron chi connectivity index (χ2n) is 4.62. The molecule has 1 aromatic carbocycles. The summed E-state index contributed by atoms with van der Waals surface area (Å²) in [6, 6.07) is 7.88. The average molecular weight is 252 g/mol. The van der Waals surface area contributed by atoms with E-state index in [0.717, 1.165) is 31.0 Å². The number of halogens is 1. The maximum absolute atomic E-state index is 11.9. The maximum Gasteiger partial charge on any atom is 0.223 e. The molecule has 2 nitrogen and oxygen atoms in total. The Hall–Kier alpha value is -1.02. The van der Waals surface area contributed by atoms with Crippen molar-refractivity contribution < 1.29 is 4.79 Å². The van der Waals surface area contributed by atoms with Crippen molar-refractivity contribution in [2.75, 3.05) is 13.1 Å². The van der Waals surface area contributed by atoms with Crippen molar-refractivity contribution in [3.63, 3.8) is 0 Å². The molecule has 1 fully saturated rings. The monoisotopic (exact) mass is 251 g/mol. The Bertz CT molecular complexity index is 388. The Labute approximate surface area is 108 Å². The van der Waals surface area contributed by atoms with E-state index in [1.807, 2.05) is 29.2 Å². The molecular formula is C14H18ClNO. The summed E-state index contributed by atoms with van der Waals surface area (Å²) in [5, 5.41) is 0.753. The highest BCUT2D eigenvalue weighted by Gasteiger charge is 2.25. The number of carbonyl (C=O) groups excluding carboxylic acids is 1. The number of carbonyl (C=O) groups is 1. The molecule has 1 aliphatic heterocycles. The molecule has 0 radical (unpaired) electrons. The van der Waals surface area contributed by atoms with Crippen LogP contribution in [0.4, 0.5) is 0 Å². The van der Waals surface area contributed by atoms with Crippen LogP contribution in [0.25, 0.3) is 0 Å². The van der Waals surface area contributed by atoms with E-state index in [-0.39, 0.29) is 5.91 Å². The summed E-state index contributed by atoms with van der Waals surface area (Å²) in [7, 11) is 0. The first-order valence-electron chi connectivity index (χ1n) is 6.24. The summed E-state index contributed by atoms with van der Waals surface area (Å²) >= 11 is 5.87. The van der Waals surface area contributed by atoms with Gasteiger partial charge in [0.2, 0.25) is 5.91 Å². The van der Waals surface area contributed by atoms with Gasteiger partial charge in [0.1, 0.15) is 0 Å². The third-order valence-electron chi connectivity index (χ3n) is 3.36. The lowest BCUT2D eigenvalue weighted by atomic mass is 9.89. The average Bonchev–Trinajstić information content (AvgIpc) is 2.33. The molecule has 0 spiro atoms.